The normalized spacial score (nSPS) is 15.0. The third-order valence-corrected chi connectivity index (χ3v) is 7.47. The van der Waals surface area contributed by atoms with Gasteiger partial charge in [-0.2, -0.15) is 4.31 Å². The van der Waals surface area contributed by atoms with E-state index in [9.17, 15) is 22.8 Å². The highest BCUT2D eigenvalue weighted by Crippen LogP contribution is 2.23. The van der Waals surface area contributed by atoms with Gasteiger partial charge in [-0.3, -0.25) is 14.2 Å². The number of sulfonamides is 1. The summed E-state index contributed by atoms with van der Waals surface area (Å²) < 4.78 is 34.2. The molecular formula is C22H24N4O6S. The maximum absolute atomic E-state index is 13.1. The molecule has 1 fully saturated rings. The minimum Gasteiger partial charge on any atom is -0.408 e. The summed E-state index contributed by atoms with van der Waals surface area (Å²) in [5.41, 5.74) is 1.82. The van der Waals surface area contributed by atoms with Crippen molar-refractivity contribution >= 4 is 38.6 Å². The molecule has 0 saturated carbocycles. The van der Waals surface area contributed by atoms with Crippen molar-refractivity contribution in [3.05, 3.63) is 58.6 Å². The zero-order chi connectivity index (χ0) is 23.8. The third-order valence-electron chi connectivity index (χ3n) is 5.57. The number of nitrogens with zero attached hydrogens (tertiary/aromatic N) is 3. The summed E-state index contributed by atoms with van der Waals surface area (Å²) in [6.07, 6.45) is 0. The molecule has 1 saturated heterocycles. The fraction of sp³-hybridized carbons (Fsp3) is 0.318. The number of nitrogens with one attached hydrogen (secondary N) is 1. The first kappa shape index (κ1) is 22.7. The van der Waals surface area contributed by atoms with E-state index in [-0.39, 0.29) is 48.5 Å². The van der Waals surface area contributed by atoms with Gasteiger partial charge in [-0.1, -0.05) is 0 Å². The highest BCUT2D eigenvalue weighted by Gasteiger charge is 2.31. The zero-order valence-corrected chi connectivity index (χ0v) is 19.1. The van der Waals surface area contributed by atoms with E-state index in [4.69, 9.17) is 4.42 Å². The highest BCUT2D eigenvalue weighted by atomic mass is 32.2. The molecule has 3 aromatic rings. The van der Waals surface area contributed by atoms with Gasteiger partial charge in [0.1, 0.15) is 0 Å². The van der Waals surface area contributed by atoms with Gasteiger partial charge in [0.05, 0.1) is 10.4 Å². The van der Waals surface area contributed by atoms with Gasteiger partial charge in [0.25, 0.3) is 5.91 Å². The van der Waals surface area contributed by atoms with Crippen LogP contribution in [0.2, 0.25) is 0 Å². The molecule has 4 rings (SSSR count). The molecule has 0 unspecified atom stereocenters. The number of fused-ring (bicyclic) bond motifs is 1. The van der Waals surface area contributed by atoms with Crippen LogP contribution >= 0.6 is 0 Å². The predicted octanol–water partition coefficient (Wildman–Crippen LogP) is 1.72. The standard InChI is InChI=1S/C22H24N4O6S/c1-3-26-19-9-8-18(14-20(19)32-22(26)29)33(30,31)25-12-10-24(11-13-25)21(28)16-4-6-17(7-5-16)23-15(2)27/h4-9,14H,3,10-13H2,1-2H3,(H,23,27). The molecule has 33 heavy (non-hydrogen) atoms. The Labute approximate surface area is 190 Å². The molecule has 174 valence electrons. The Morgan fingerprint density at radius 3 is 2.30 bits per heavy atom. The molecule has 2 heterocycles. The van der Waals surface area contributed by atoms with Gasteiger partial charge in [-0.25, -0.2) is 13.2 Å². The van der Waals surface area contributed by atoms with Crippen LogP contribution in [0, 0.1) is 0 Å². The number of carbonyl (C=O) groups is 2. The number of amides is 2. The number of carbonyl (C=O) groups excluding carboxylic acids is 2. The average Bonchev–Trinajstić information content (AvgIpc) is 3.12. The summed E-state index contributed by atoms with van der Waals surface area (Å²) in [5.74, 6) is -0.930. The molecule has 1 aliphatic heterocycles. The number of benzene rings is 2. The number of piperazine rings is 1. The largest absolute Gasteiger partial charge is 0.419 e. The second-order valence-corrected chi connectivity index (χ2v) is 9.63. The third kappa shape index (κ3) is 4.41. The quantitative estimate of drug-likeness (QED) is 0.603. The Morgan fingerprint density at radius 1 is 1.03 bits per heavy atom. The molecular weight excluding hydrogens is 448 g/mol. The Hall–Kier alpha value is -3.44. The van der Waals surface area contributed by atoms with Crippen LogP contribution in [0.25, 0.3) is 11.1 Å². The number of aryl methyl sites for hydroxylation is 1. The topological polar surface area (TPSA) is 122 Å². The number of rotatable bonds is 5. The molecule has 1 aliphatic rings. The molecule has 11 heteroatoms. The molecule has 1 N–H and O–H groups in total. The lowest BCUT2D eigenvalue weighted by molar-refractivity contribution is -0.114. The van der Waals surface area contributed by atoms with Crippen molar-refractivity contribution in [3.8, 4) is 0 Å². The SMILES string of the molecule is CCn1c(=O)oc2cc(S(=O)(=O)N3CCN(C(=O)c4ccc(NC(C)=O)cc4)CC3)ccc21. The lowest BCUT2D eigenvalue weighted by Crippen LogP contribution is -2.50. The minimum atomic E-state index is -3.81. The highest BCUT2D eigenvalue weighted by molar-refractivity contribution is 7.89. The van der Waals surface area contributed by atoms with E-state index >= 15 is 0 Å². The second kappa shape index (κ2) is 8.83. The molecule has 0 bridgehead atoms. The van der Waals surface area contributed by atoms with Crippen LogP contribution in [0.5, 0.6) is 0 Å². The van der Waals surface area contributed by atoms with Gasteiger partial charge in [-0.15, -0.1) is 0 Å². The summed E-state index contributed by atoms with van der Waals surface area (Å²) in [6, 6.07) is 11.0. The number of anilines is 1. The Balaban J connectivity index is 1.45. The summed E-state index contributed by atoms with van der Waals surface area (Å²) in [5, 5.41) is 2.64. The molecule has 0 aliphatic carbocycles. The molecule has 2 aromatic carbocycles. The van der Waals surface area contributed by atoms with Crippen LogP contribution < -0.4 is 11.1 Å². The first-order valence-corrected chi connectivity index (χ1v) is 11.9. The fourth-order valence-electron chi connectivity index (χ4n) is 3.87. The van der Waals surface area contributed by atoms with Crippen molar-refractivity contribution in [2.24, 2.45) is 0 Å². The number of hydrogen-bond acceptors (Lipinski definition) is 6. The summed E-state index contributed by atoms with van der Waals surface area (Å²) in [6.45, 7) is 4.42. The minimum absolute atomic E-state index is 0.0420. The van der Waals surface area contributed by atoms with Gasteiger partial charge in [0, 0.05) is 57.0 Å². The Morgan fingerprint density at radius 2 is 1.70 bits per heavy atom. The molecule has 0 radical (unpaired) electrons. The van der Waals surface area contributed by atoms with E-state index < -0.39 is 15.8 Å². The summed E-state index contributed by atoms with van der Waals surface area (Å²) >= 11 is 0. The van der Waals surface area contributed by atoms with Crippen molar-refractivity contribution in [3.63, 3.8) is 0 Å². The van der Waals surface area contributed by atoms with Gasteiger partial charge in [-0.05, 0) is 43.3 Å². The van der Waals surface area contributed by atoms with E-state index in [2.05, 4.69) is 5.32 Å². The maximum atomic E-state index is 13.1. The van der Waals surface area contributed by atoms with E-state index in [0.717, 1.165) is 0 Å². The summed E-state index contributed by atoms with van der Waals surface area (Å²) in [7, 11) is -3.81. The van der Waals surface area contributed by atoms with E-state index in [1.165, 1.54) is 27.9 Å². The Kier molecular flexibility index (Phi) is 6.09. The van der Waals surface area contributed by atoms with Crippen molar-refractivity contribution < 1.29 is 22.4 Å². The van der Waals surface area contributed by atoms with Crippen LogP contribution in [0.15, 0.2) is 56.6 Å². The van der Waals surface area contributed by atoms with Crippen LogP contribution in [0.3, 0.4) is 0 Å². The van der Waals surface area contributed by atoms with E-state index in [1.807, 2.05) is 0 Å². The molecule has 1 aromatic heterocycles. The first-order chi connectivity index (χ1) is 15.7. The lowest BCUT2D eigenvalue weighted by Gasteiger charge is -2.34. The van der Waals surface area contributed by atoms with E-state index in [0.29, 0.717) is 23.3 Å². The molecule has 0 atom stereocenters. The van der Waals surface area contributed by atoms with Gasteiger partial charge >= 0.3 is 5.76 Å². The monoisotopic (exact) mass is 472 g/mol. The van der Waals surface area contributed by atoms with E-state index in [1.54, 1.807) is 42.2 Å². The average molecular weight is 473 g/mol. The summed E-state index contributed by atoms with van der Waals surface area (Å²) in [4.78, 5) is 37.5. The molecule has 2 amide bonds. The maximum Gasteiger partial charge on any atom is 0.419 e. The fourth-order valence-corrected chi connectivity index (χ4v) is 5.31. The van der Waals surface area contributed by atoms with Crippen molar-refractivity contribution in [2.75, 3.05) is 31.5 Å². The second-order valence-electron chi connectivity index (χ2n) is 7.70. The first-order valence-electron chi connectivity index (χ1n) is 10.5. The van der Waals surface area contributed by atoms with Gasteiger partial charge in [0.15, 0.2) is 5.58 Å². The smallest absolute Gasteiger partial charge is 0.408 e. The van der Waals surface area contributed by atoms with Crippen molar-refractivity contribution in [1.82, 2.24) is 13.8 Å². The molecule has 0 spiro atoms. The van der Waals surface area contributed by atoms with Crippen molar-refractivity contribution in [1.29, 1.82) is 0 Å². The van der Waals surface area contributed by atoms with Gasteiger partial charge < -0.3 is 14.6 Å². The lowest BCUT2D eigenvalue weighted by atomic mass is 10.1. The van der Waals surface area contributed by atoms with Gasteiger partial charge in [0.2, 0.25) is 15.9 Å². The molecule has 10 nitrogen and oxygen atoms in total. The van der Waals surface area contributed by atoms with Crippen LogP contribution in [0.4, 0.5) is 5.69 Å². The van der Waals surface area contributed by atoms with Crippen molar-refractivity contribution in [2.45, 2.75) is 25.3 Å². The number of oxazole rings is 1. The number of hydrogen-bond donors (Lipinski definition) is 1. The predicted molar refractivity (Wildman–Crippen MR) is 122 cm³/mol. The van der Waals surface area contributed by atoms with Crippen LogP contribution in [-0.2, 0) is 21.4 Å². The van der Waals surface area contributed by atoms with Crippen LogP contribution in [0.1, 0.15) is 24.2 Å². The Bertz CT molecular complexity index is 1370. The van der Waals surface area contributed by atoms with Crippen LogP contribution in [-0.4, -0.2) is 60.2 Å². The number of aromatic nitrogens is 1. The zero-order valence-electron chi connectivity index (χ0n) is 18.3.